The first-order valence-corrected chi connectivity index (χ1v) is 6.30. The number of nitrogen functional groups attached to an aromatic ring is 1. The van der Waals surface area contributed by atoms with Crippen LogP contribution in [0.5, 0.6) is 0 Å². The number of aryl methyl sites for hydroxylation is 1. The Bertz CT molecular complexity index is 561. The van der Waals surface area contributed by atoms with Gasteiger partial charge < -0.3 is 11.1 Å². The van der Waals surface area contributed by atoms with Crippen LogP contribution in [0, 0.1) is 6.92 Å². The molecule has 3 nitrogen and oxygen atoms in total. The van der Waals surface area contributed by atoms with Gasteiger partial charge in [-0.3, -0.25) is 4.79 Å². The van der Waals surface area contributed by atoms with E-state index in [1.807, 2.05) is 0 Å². The quantitative estimate of drug-likeness (QED) is 0.637. The first-order valence-electron chi connectivity index (χ1n) is 6.30. The number of rotatable bonds is 5. The zero-order valence-electron chi connectivity index (χ0n) is 11.0. The predicted octanol–water partition coefficient (Wildman–Crippen LogP) is 2.55. The summed E-state index contributed by atoms with van der Waals surface area (Å²) in [6.07, 6.45) is 0. The van der Waals surface area contributed by atoms with E-state index in [-0.39, 0.29) is 5.78 Å². The lowest BCUT2D eigenvalue weighted by Crippen LogP contribution is -2.22. The summed E-state index contributed by atoms with van der Waals surface area (Å²) in [6.45, 7) is 3.06. The Kier molecular flexibility index (Phi) is 4.31. The van der Waals surface area contributed by atoms with E-state index in [0.717, 1.165) is 0 Å². The van der Waals surface area contributed by atoms with Crippen LogP contribution in [0.25, 0.3) is 0 Å². The molecule has 0 amide bonds. The van der Waals surface area contributed by atoms with Crippen molar-refractivity contribution in [2.75, 3.05) is 12.3 Å². The molecule has 0 aromatic heterocycles. The molecule has 0 aliphatic heterocycles. The van der Waals surface area contributed by atoms with Gasteiger partial charge in [0, 0.05) is 17.8 Å². The Labute approximate surface area is 113 Å². The fourth-order valence-electron chi connectivity index (χ4n) is 1.84. The summed E-state index contributed by atoms with van der Waals surface area (Å²) >= 11 is 0. The van der Waals surface area contributed by atoms with Crippen LogP contribution in [-0.4, -0.2) is 12.3 Å². The van der Waals surface area contributed by atoms with Crippen molar-refractivity contribution in [3.8, 4) is 0 Å². The molecule has 19 heavy (non-hydrogen) atoms. The molecule has 0 fully saturated rings. The van der Waals surface area contributed by atoms with Crippen LogP contribution in [0.2, 0.25) is 0 Å². The van der Waals surface area contributed by atoms with E-state index in [4.69, 9.17) is 5.73 Å². The number of anilines is 1. The highest BCUT2D eigenvalue weighted by Gasteiger charge is 2.05. The number of hydrogen-bond acceptors (Lipinski definition) is 3. The Morgan fingerprint density at radius 3 is 2.58 bits per heavy atom. The minimum absolute atomic E-state index is 0.0550. The molecule has 0 aliphatic carbocycles. The minimum atomic E-state index is 0.0550. The van der Waals surface area contributed by atoms with Crippen molar-refractivity contribution >= 4 is 11.5 Å². The summed E-state index contributed by atoms with van der Waals surface area (Å²) in [6, 6.07) is 15.3. The van der Waals surface area contributed by atoms with Crippen molar-refractivity contribution in [3.05, 3.63) is 65.2 Å². The van der Waals surface area contributed by atoms with Gasteiger partial charge in [0.05, 0.1) is 6.54 Å². The van der Waals surface area contributed by atoms with Crippen molar-refractivity contribution in [1.82, 2.24) is 5.32 Å². The van der Waals surface area contributed by atoms with Crippen molar-refractivity contribution < 1.29 is 4.79 Å². The molecule has 0 atom stereocenters. The van der Waals surface area contributed by atoms with Gasteiger partial charge in [-0.15, -0.1) is 0 Å². The van der Waals surface area contributed by atoms with E-state index in [0.29, 0.717) is 24.3 Å². The van der Waals surface area contributed by atoms with Crippen LogP contribution >= 0.6 is 0 Å². The summed E-state index contributed by atoms with van der Waals surface area (Å²) < 4.78 is 0. The molecule has 2 aromatic carbocycles. The third-order valence-electron chi connectivity index (χ3n) is 2.94. The van der Waals surface area contributed by atoms with Crippen molar-refractivity contribution in [2.45, 2.75) is 13.5 Å². The van der Waals surface area contributed by atoms with Crippen molar-refractivity contribution in [1.29, 1.82) is 0 Å². The van der Waals surface area contributed by atoms with E-state index in [1.165, 1.54) is 11.1 Å². The van der Waals surface area contributed by atoms with Gasteiger partial charge in [-0.05, 0) is 24.6 Å². The second-order valence-electron chi connectivity index (χ2n) is 4.64. The first-order chi connectivity index (χ1) is 9.15. The third-order valence-corrected chi connectivity index (χ3v) is 2.94. The molecule has 0 aliphatic rings. The molecule has 3 N–H and O–H groups in total. The number of carbonyl (C=O) groups is 1. The molecular formula is C16H18N2O. The summed E-state index contributed by atoms with van der Waals surface area (Å²) in [7, 11) is 0. The van der Waals surface area contributed by atoms with Crippen LogP contribution in [0.4, 0.5) is 5.69 Å². The van der Waals surface area contributed by atoms with Gasteiger partial charge in [0.2, 0.25) is 0 Å². The number of Topliss-reactive ketones (excluding diaryl/α,β-unsaturated/α-hetero) is 1. The highest BCUT2D eigenvalue weighted by molar-refractivity contribution is 5.98. The maximum Gasteiger partial charge on any atom is 0.176 e. The van der Waals surface area contributed by atoms with Gasteiger partial charge in [0.25, 0.3) is 0 Å². The zero-order chi connectivity index (χ0) is 13.7. The number of nitrogens with two attached hydrogens (primary N) is 1. The van der Waals surface area contributed by atoms with E-state index >= 15 is 0 Å². The highest BCUT2D eigenvalue weighted by Crippen LogP contribution is 2.07. The third kappa shape index (κ3) is 3.93. The van der Waals surface area contributed by atoms with Crippen molar-refractivity contribution in [2.24, 2.45) is 0 Å². The smallest absolute Gasteiger partial charge is 0.176 e. The molecule has 2 aromatic rings. The number of ketones is 1. The lowest BCUT2D eigenvalue weighted by atomic mass is 10.1. The Morgan fingerprint density at radius 2 is 1.89 bits per heavy atom. The fourth-order valence-corrected chi connectivity index (χ4v) is 1.84. The predicted molar refractivity (Wildman–Crippen MR) is 78.1 cm³/mol. The number of nitrogens with one attached hydrogen (secondary N) is 1. The Morgan fingerprint density at radius 1 is 1.16 bits per heavy atom. The van der Waals surface area contributed by atoms with Crippen LogP contribution in [0.3, 0.4) is 0 Å². The van der Waals surface area contributed by atoms with Crippen molar-refractivity contribution in [3.63, 3.8) is 0 Å². The highest BCUT2D eigenvalue weighted by atomic mass is 16.1. The standard InChI is InChI=1S/C16H18N2O/c1-12-5-7-13(8-6-12)10-18-11-16(19)14-3-2-4-15(17)9-14/h2-9,18H,10-11,17H2,1H3. The monoisotopic (exact) mass is 254 g/mol. The molecule has 98 valence electrons. The topological polar surface area (TPSA) is 55.1 Å². The molecule has 0 bridgehead atoms. The largest absolute Gasteiger partial charge is 0.399 e. The molecule has 0 saturated heterocycles. The average Bonchev–Trinajstić information content (AvgIpc) is 2.41. The summed E-state index contributed by atoms with van der Waals surface area (Å²) in [5.41, 5.74) is 9.33. The van der Waals surface area contributed by atoms with Gasteiger partial charge in [-0.25, -0.2) is 0 Å². The van der Waals surface area contributed by atoms with Gasteiger partial charge >= 0.3 is 0 Å². The maximum atomic E-state index is 11.9. The summed E-state index contributed by atoms with van der Waals surface area (Å²) in [4.78, 5) is 11.9. The van der Waals surface area contributed by atoms with Crippen LogP contribution in [0.1, 0.15) is 21.5 Å². The second kappa shape index (κ2) is 6.16. The van der Waals surface area contributed by atoms with Crippen LogP contribution < -0.4 is 11.1 Å². The number of hydrogen-bond donors (Lipinski definition) is 2. The van der Waals surface area contributed by atoms with E-state index in [1.54, 1.807) is 24.3 Å². The Balaban J connectivity index is 1.86. The van der Waals surface area contributed by atoms with Gasteiger partial charge in [-0.2, -0.15) is 0 Å². The molecule has 0 saturated carbocycles. The normalized spacial score (nSPS) is 10.4. The minimum Gasteiger partial charge on any atom is -0.399 e. The maximum absolute atomic E-state index is 11.9. The average molecular weight is 254 g/mol. The molecular weight excluding hydrogens is 236 g/mol. The second-order valence-corrected chi connectivity index (χ2v) is 4.64. The molecule has 0 spiro atoms. The molecule has 0 unspecified atom stereocenters. The first kappa shape index (κ1) is 13.3. The number of carbonyl (C=O) groups excluding carboxylic acids is 1. The SMILES string of the molecule is Cc1ccc(CNCC(=O)c2cccc(N)c2)cc1. The van der Waals surface area contributed by atoms with Gasteiger partial charge in [0.1, 0.15) is 0 Å². The van der Waals surface area contributed by atoms with E-state index in [2.05, 4.69) is 36.5 Å². The molecule has 0 radical (unpaired) electrons. The zero-order valence-corrected chi connectivity index (χ0v) is 11.0. The lowest BCUT2D eigenvalue weighted by molar-refractivity contribution is 0.0991. The van der Waals surface area contributed by atoms with Gasteiger partial charge in [-0.1, -0.05) is 42.0 Å². The molecule has 0 heterocycles. The summed E-state index contributed by atoms with van der Waals surface area (Å²) in [5.74, 6) is 0.0550. The summed E-state index contributed by atoms with van der Waals surface area (Å²) in [5, 5.41) is 3.15. The number of benzene rings is 2. The van der Waals surface area contributed by atoms with Crippen LogP contribution in [0.15, 0.2) is 48.5 Å². The lowest BCUT2D eigenvalue weighted by Gasteiger charge is -2.05. The van der Waals surface area contributed by atoms with E-state index < -0.39 is 0 Å². The van der Waals surface area contributed by atoms with Crippen LogP contribution in [-0.2, 0) is 6.54 Å². The molecule has 3 heteroatoms. The Hall–Kier alpha value is -2.13. The van der Waals surface area contributed by atoms with Gasteiger partial charge in [0.15, 0.2) is 5.78 Å². The molecule has 2 rings (SSSR count). The fraction of sp³-hybridized carbons (Fsp3) is 0.188. The van der Waals surface area contributed by atoms with E-state index in [9.17, 15) is 4.79 Å².